The van der Waals surface area contributed by atoms with E-state index >= 15 is 0 Å². The zero-order chi connectivity index (χ0) is 28.4. The van der Waals surface area contributed by atoms with E-state index in [1.165, 1.54) is 11.3 Å². The van der Waals surface area contributed by atoms with E-state index in [0.29, 0.717) is 38.0 Å². The van der Waals surface area contributed by atoms with Gasteiger partial charge in [0.1, 0.15) is 12.4 Å². The highest BCUT2D eigenvalue weighted by atomic mass is 79.9. The molecule has 0 aliphatic carbocycles. The third-order valence-corrected chi connectivity index (χ3v) is 8.16. The zero-order valence-corrected chi connectivity index (χ0v) is 25.3. The van der Waals surface area contributed by atoms with Gasteiger partial charge in [0, 0.05) is 15.1 Å². The molecule has 0 N–H and O–H groups in total. The Kier molecular flexibility index (Phi) is 8.40. The summed E-state index contributed by atoms with van der Waals surface area (Å²) in [4.78, 5) is 32.2. The molecule has 1 aliphatic heterocycles. The first-order chi connectivity index (χ1) is 19.2. The van der Waals surface area contributed by atoms with Crippen molar-refractivity contribution in [1.29, 1.82) is 0 Å². The molecule has 0 spiro atoms. The average Bonchev–Trinajstić information content (AvgIpc) is 3.22. The van der Waals surface area contributed by atoms with Crippen molar-refractivity contribution < 1.29 is 14.3 Å². The van der Waals surface area contributed by atoms with Crippen molar-refractivity contribution in [1.82, 2.24) is 4.57 Å². The molecular formula is C31H26BrClN2O4S. The molecule has 0 saturated heterocycles. The Bertz CT molecular complexity index is 1810. The topological polar surface area (TPSA) is 69.9 Å². The molecule has 1 aromatic heterocycles. The minimum absolute atomic E-state index is 0.224. The molecule has 1 aliphatic rings. The molecule has 0 bridgehead atoms. The van der Waals surface area contributed by atoms with Crippen LogP contribution in [0.1, 0.15) is 42.1 Å². The highest BCUT2D eigenvalue weighted by molar-refractivity contribution is 9.10. The highest BCUT2D eigenvalue weighted by Gasteiger charge is 2.33. The van der Waals surface area contributed by atoms with Crippen LogP contribution in [-0.2, 0) is 16.1 Å². The van der Waals surface area contributed by atoms with Gasteiger partial charge in [-0.1, -0.05) is 80.8 Å². The Morgan fingerprint density at radius 2 is 1.90 bits per heavy atom. The number of nitrogens with zero attached hydrogens (tertiary/aromatic N) is 2. The molecule has 5 rings (SSSR count). The van der Waals surface area contributed by atoms with Gasteiger partial charge < -0.3 is 9.47 Å². The summed E-state index contributed by atoms with van der Waals surface area (Å²) >= 11 is 10.9. The summed E-state index contributed by atoms with van der Waals surface area (Å²) in [6.45, 7) is 6.07. The first kappa shape index (κ1) is 28.1. The number of ether oxygens (including phenoxy) is 2. The van der Waals surface area contributed by atoms with Crippen molar-refractivity contribution in [2.75, 3.05) is 6.61 Å². The second kappa shape index (κ2) is 12.0. The van der Waals surface area contributed by atoms with Crippen LogP contribution >= 0.6 is 38.9 Å². The van der Waals surface area contributed by atoms with Crippen molar-refractivity contribution in [3.63, 3.8) is 0 Å². The molecule has 6 nitrogen and oxygen atoms in total. The maximum atomic E-state index is 14.0. The minimum Gasteiger partial charge on any atom is -0.488 e. The van der Waals surface area contributed by atoms with Crippen molar-refractivity contribution >= 4 is 50.9 Å². The van der Waals surface area contributed by atoms with Crippen molar-refractivity contribution in [2.45, 2.75) is 33.4 Å². The number of thiazole rings is 1. The van der Waals surface area contributed by atoms with Gasteiger partial charge in [0.25, 0.3) is 5.56 Å². The van der Waals surface area contributed by atoms with Gasteiger partial charge in [0.2, 0.25) is 0 Å². The third-order valence-electron chi connectivity index (χ3n) is 6.45. The molecule has 3 aromatic carbocycles. The molecule has 9 heteroatoms. The quantitative estimate of drug-likeness (QED) is 0.230. The summed E-state index contributed by atoms with van der Waals surface area (Å²) in [6, 6.07) is 20.3. The molecule has 0 radical (unpaired) electrons. The second-order valence-electron chi connectivity index (χ2n) is 9.31. The molecule has 204 valence electrons. The predicted octanol–water partition coefficient (Wildman–Crippen LogP) is 6.10. The number of aryl methyl sites for hydroxylation is 1. The van der Waals surface area contributed by atoms with E-state index in [2.05, 4.69) is 20.9 Å². The van der Waals surface area contributed by atoms with Crippen molar-refractivity contribution in [2.24, 2.45) is 4.99 Å². The van der Waals surface area contributed by atoms with Gasteiger partial charge >= 0.3 is 5.97 Å². The van der Waals surface area contributed by atoms with Gasteiger partial charge in [-0.2, -0.15) is 0 Å². The number of carbonyl (C=O) groups excluding carboxylic acids is 1. The number of carbonyl (C=O) groups is 1. The lowest BCUT2D eigenvalue weighted by molar-refractivity contribution is -0.139. The number of benzene rings is 3. The Morgan fingerprint density at radius 1 is 1.12 bits per heavy atom. The molecule has 40 heavy (non-hydrogen) atoms. The largest absolute Gasteiger partial charge is 0.488 e. The summed E-state index contributed by atoms with van der Waals surface area (Å²) in [7, 11) is 0. The van der Waals surface area contributed by atoms with Gasteiger partial charge in [-0.05, 0) is 68.3 Å². The maximum Gasteiger partial charge on any atom is 0.338 e. The van der Waals surface area contributed by atoms with Crippen LogP contribution < -0.4 is 19.6 Å². The lowest BCUT2D eigenvalue weighted by Gasteiger charge is -2.24. The number of allylic oxidation sites excluding steroid dienone is 1. The normalized spacial score (nSPS) is 15.0. The SMILES string of the molecule is CCOC(=O)C1=C(C)N=c2s/c(=C\c3cc(Br)ccc3OCc3cccc(Cl)c3)c(=O)n2[C@@H]1c1ccc(C)cc1. The number of fused-ring (bicyclic) bond motifs is 1. The minimum atomic E-state index is -0.654. The highest BCUT2D eigenvalue weighted by Crippen LogP contribution is 2.31. The van der Waals surface area contributed by atoms with E-state index in [4.69, 9.17) is 21.1 Å². The Balaban J connectivity index is 1.62. The molecule has 4 aromatic rings. The van der Waals surface area contributed by atoms with Gasteiger partial charge in [-0.25, -0.2) is 9.79 Å². The van der Waals surface area contributed by atoms with Crippen LogP contribution in [0.4, 0.5) is 0 Å². The van der Waals surface area contributed by atoms with E-state index in [0.717, 1.165) is 26.7 Å². The van der Waals surface area contributed by atoms with Gasteiger partial charge in [0.05, 0.1) is 28.5 Å². The molecule has 0 fully saturated rings. The molecule has 0 amide bonds. The van der Waals surface area contributed by atoms with Crippen molar-refractivity contribution in [3.8, 4) is 5.75 Å². The first-order valence-electron chi connectivity index (χ1n) is 12.7. The molecule has 1 atom stereocenters. The van der Waals surface area contributed by atoms with Crippen molar-refractivity contribution in [3.05, 3.63) is 129 Å². The van der Waals surface area contributed by atoms with E-state index in [-0.39, 0.29) is 12.2 Å². The summed E-state index contributed by atoms with van der Waals surface area (Å²) in [5.41, 5.74) is 4.20. The Labute approximate surface area is 249 Å². The average molecular weight is 638 g/mol. The molecule has 2 heterocycles. The summed E-state index contributed by atoms with van der Waals surface area (Å²) in [5, 5.41) is 0.638. The monoisotopic (exact) mass is 636 g/mol. The number of rotatable bonds is 7. The van der Waals surface area contributed by atoms with Gasteiger partial charge in [-0.15, -0.1) is 0 Å². The fourth-order valence-electron chi connectivity index (χ4n) is 4.55. The van der Waals surface area contributed by atoms with Gasteiger partial charge in [0.15, 0.2) is 4.80 Å². The van der Waals surface area contributed by atoms with Crippen LogP contribution in [0.15, 0.2) is 92.3 Å². The predicted molar refractivity (Wildman–Crippen MR) is 162 cm³/mol. The van der Waals surface area contributed by atoms with E-state index in [9.17, 15) is 9.59 Å². The fraction of sp³-hybridized carbons (Fsp3) is 0.194. The lowest BCUT2D eigenvalue weighted by atomic mass is 9.95. The van der Waals surface area contributed by atoms with Gasteiger partial charge in [-0.3, -0.25) is 9.36 Å². The third kappa shape index (κ3) is 5.84. The number of halogens is 2. The summed E-state index contributed by atoms with van der Waals surface area (Å²) in [5.74, 6) is 0.139. The second-order valence-corrected chi connectivity index (χ2v) is 11.7. The first-order valence-corrected chi connectivity index (χ1v) is 14.7. The summed E-state index contributed by atoms with van der Waals surface area (Å²) in [6.07, 6.45) is 1.80. The molecule has 0 unspecified atom stereocenters. The van der Waals surface area contributed by atoms with E-state index in [1.54, 1.807) is 24.5 Å². The number of hydrogen-bond acceptors (Lipinski definition) is 6. The standard InChI is InChI=1S/C31H26BrClN2O4S/c1-4-38-30(37)27-19(3)34-31-35(28(27)21-10-8-18(2)9-11-21)29(36)26(40-31)16-22-15-23(32)12-13-25(22)39-17-20-6-5-7-24(33)14-20/h5-16,28H,4,17H2,1-3H3/b26-16-/t28-/m1/s1. The summed E-state index contributed by atoms with van der Waals surface area (Å²) < 4.78 is 14.4. The molecular weight excluding hydrogens is 612 g/mol. The zero-order valence-electron chi connectivity index (χ0n) is 22.1. The smallest absolute Gasteiger partial charge is 0.338 e. The number of hydrogen-bond donors (Lipinski definition) is 0. The Morgan fingerprint density at radius 3 is 2.62 bits per heavy atom. The van der Waals surface area contributed by atoms with Crippen LogP contribution in [0.5, 0.6) is 5.75 Å². The van der Waals surface area contributed by atoms with Crippen LogP contribution in [0, 0.1) is 6.92 Å². The number of esters is 1. The van der Waals surface area contributed by atoms with Crippen LogP contribution in [-0.4, -0.2) is 17.1 Å². The van der Waals surface area contributed by atoms with E-state index in [1.807, 2.05) is 73.7 Å². The maximum absolute atomic E-state index is 14.0. The van der Waals surface area contributed by atoms with Crippen LogP contribution in [0.25, 0.3) is 6.08 Å². The Hall–Kier alpha value is -3.46. The molecule has 0 saturated carbocycles. The van der Waals surface area contributed by atoms with Crippen LogP contribution in [0.2, 0.25) is 5.02 Å². The lowest BCUT2D eigenvalue weighted by Crippen LogP contribution is -2.39. The van der Waals surface area contributed by atoms with Crippen LogP contribution in [0.3, 0.4) is 0 Å². The number of aromatic nitrogens is 1. The fourth-order valence-corrected chi connectivity index (χ4v) is 6.18. The van der Waals surface area contributed by atoms with E-state index < -0.39 is 12.0 Å².